The molecule has 2 aromatic carbocycles. The summed E-state index contributed by atoms with van der Waals surface area (Å²) >= 11 is 9.02. The molecule has 0 heterocycles. The summed E-state index contributed by atoms with van der Waals surface area (Å²) in [6.45, 7) is 0. The van der Waals surface area contributed by atoms with Crippen LogP contribution >= 0.6 is 27.5 Å². The molecule has 0 aromatic heterocycles. The highest BCUT2D eigenvalue weighted by atomic mass is 79.9. The molecule has 21 heavy (non-hydrogen) atoms. The molecule has 0 saturated heterocycles. The highest BCUT2D eigenvalue weighted by Gasteiger charge is 2.10. The minimum Gasteiger partial charge on any atom is -0.507 e. The summed E-state index contributed by atoms with van der Waals surface area (Å²) in [4.78, 5) is 11.8. The lowest BCUT2D eigenvalue weighted by molar-refractivity contribution is 0.0952. The van der Waals surface area contributed by atoms with Crippen molar-refractivity contribution in [1.82, 2.24) is 5.43 Å². The molecule has 0 radical (unpaired) electrons. The van der Waals surface area contributed by atoms with Crippen LogP contribution in [0.5, 0.6) is 11.5 Å². The van der Waals surface area contributed by atoms with Gasteiger partial charge < -0.3 is 10.2 Å². The third kappa shape index (κ3) is 3.96. The van der Waals surface area contributed by atoms with Crippen LogP contribution in [0.25, 0.3) is 0 Å². The Morgan fingerprint density at radius 1 is 1.19 bits per heavy atom. The van der Waals surface area contributed by atoms with Crippen molar-refractivity contribution in [2.24, 2.45) is 5.10 Å². The van der Waals surface area contributed by atoms with Crippen LogP contribution in [0.1, 0.15) is 15.9 Å². The number of rotatable bonds is 3. The number of nitrogens with one attached hydrogen (secondary N) is 1. The zero-order valence-electron chi connectivity index (χ0n) is 10.5. The second kappa shape index (κ2) is 6.60. The molecule has 5 nitrogen and oxygen atoms in total. The average Bonchev–Trinajstić information content (AvgIpc) is 2.45. The first-order chi connectivity index (χ1) is 9.97. The van der Waals surface area contributed by atoms with Gasteiger partial charge in [-0.25, -0.2) is 5.43 Å². The highest BCUT2D eigenvalue weighted by Crippen LogP contribution is 2.22. The smallest absolute Gasteiger partial charge is 0.275 e. The number of carbonyl (C=O) groups is 1. The minimum atomic E-state index is -0.610. The number of phenols is 2. The van der Waals surface area contributed by atoms with Crippen molar-refractivity contribution in [3.05, 3.63) is 57.0 Å². The van der Waals surface area contributed by atoms with Crippen LogP contribution in [0, 0.1) is 0 Å². The van der Waals surface area contributed by atoms with Crippen molar-refractivity contribution >= 4 is 39.7 Å². The Balaban J connectivity index is 2.12. The summed E-state index contributed by atoms with van der Waals surface area (Å²) in [5.74, 6) is -0.778. The maximum Gasteiger partial charge on any atom is 0.275 e. The van der Waals surface area contributed by atoms with Gasteiger partial charge in [-0.3, -0.25) is 4.79 Å². The summed E-state index contributed by atoms with van der Waals surface area (Å²) in [7, 11) is 0. The maximum absolute atomic E-state index is 11.8. The Morgan fingerprint density at radius 3 is 2.67 bits per heavy atom. The summed E-state index contributed by atoms with van der Waals surface area (Å²) in [6.07, 6.45) is 1.29. The Morgan fingerprint density at radius 2 is 1.90 bits per heavy atom. The van der Waals surface area contributed by atoms with Crippen molar-refractivity contribution in [2.75, 3.05) is 0 Å². The van der Waals surface area contributed by atoms with E-state index in [-0.39, 0.29) is 17.1 Å². The summed E-state index contributed by atoms with van der Waals surface area (Å²) in [5, 5.41) is 23.3. The van der Waals surface area contributed by atoms with Gasteiger partial charge in [0.25, 0.3) is 5.91 Å². The van der Waals surface area contributed by atoms with Gasteiger partial charge in [0.1, 0.15) is 11.5 Å². The van der Waals surface area contributed by atoms with E-state index in [1.165, 1.54) is 30.5 Å². The Kier molecular flexibility index (Phi) is 4.82. The molecule has 0 bridgehead atoms. The van der Waals surface area contributed by atoms with Gasteiger partial charge in [0.2, 0.25) is 0 Å². The van der Waals surface area contributed by atoms with Gasteiger partial charge in [0.15, 0.2) is 0 Å². The molecular weight excluding hydrogens is 360 g/mol. The fourth-order valence-electron chi connectivity index (χ4n) is 1.54. The average molecular weight is 370 g/mol. The number of hydrogen-bond donors (Lipinski definition) is 3. The van der Waals surface area contributed by atoms with E-state index in [2.05, 4.69) is 26.5 Å². The Labute approximate surface area is 134 Å². The van der Waals surface area contributed by atoms with Crippen LogP contribution in [0.15, 0.2) is 46.0 Å². The van der Waals surface area contributed by atoms with Gasteiger partial charge >= 0.3 is 0 Å². The predicted octanol–water partition coefficient (Wildman–Crippen LogP) is 3.28. The number of halogens is 2. The van der Waals surface area contributed by atoms with Gasteiger partial charge in [-0.1, -0.05) is 27.5 Å². The van der Waals surface area contributed by atoms with Gasteiger partial charge in [-0.2, -0.15) is 5.10 Å². The zero-order chi connectivity index (χ0) is 15.4. The zero-order valence-corrected chi connectivity index (χ0v) is 12.9. The first kappa shape index (κ1) is 15.3. The van der Waals surface area contributed by atoms with E-state index in [9.17, 15) is 15.0 Å². The van der Waals surface area contributed by atoms with Crippen LogP contribution in [-0.2, 0) is 0 Å². The van der Waals surface area contributed by atoms with Gasteiger partial charge in [-0.15, -0.1) is 0 Å². The molecule has 0 aliphatic rings. The molecule has 0 fully saturated rings. The molecule has 0 aliphatic heterocycles. The molecule has 108 valence electrons. The van der Waals surface area contributed by atoms with Crippen LogP contribution in [0.2, 0.25) is 5.02 Å². The van der Waals surface area contributed by atoms with Gasteiger partial charge in [0, 0.05) is 15.1 Å². The van der Waals surface area contributed by atoms with Gasteiger partial charge in [0.05, 0.1) is 11.8 Å². The second-order valence-electron chi connectivity index (χ2n) is 4.06. The van der Waals surface area contributed by atoms with E-state index >= 15 is 0 Å². The molecule has 1 amide bonds. The first-order valence-electron chi connectivity index (χ1n) is 5.78. The first-order valence-corrected chi connectivity index (χ1v) is 6.95. The van der Waals surface area contributed by atoms with Crippen molar-refractivity contribution in [1.29, 1.82) is 0 Å². The number of amides is 1. The number of hydrazone groups is 1. The molecule has 0 atom stereocenters. The number of phenolic OH excluding ortho intramolecular Hbond substituents is 2. The molecule has 0 saturated carbocycles. The summed E-state index contributed by atoms with van der Waals surface area (Å²) in [6, 6.07) is 8.93. The molecule has 2 rings (SSSR count). The van der Waals surface area contributed by atoms with Crippen LogP contribution in [0.3, 0.4) is 0 Å². The lowest BCUT2D eigenvalue weighted by atomic mass is 10.2. The SMILES string of the molecule is O=C(NN=Cc1cc(Br)ccc1O)c1cc(Cl)ccc1O. The predicted molar refractivity (Wildman–Crippen MR) is 84.0 cm³/mol. The fraction of sp³-hybridized carbons (Fsp3) is 0. The minimum absolute atomic E-state index is 0.0121. The number of aromatic hydroxyl groups is 2. The molecule has 0 aliphatic carbocycles. The van der Waals surface area contributed by atoms with E-state index in [1.54, 1.807) is 12.1 Å². The van der Waals surface area contributed by atoms with Crippen molar-refractivity contribution < 1.29 is 15.0 Å². The Bertz CT molecular complexity index is 719. The Hall–Kier alpha value is -2.05. The van der Waals surface area contributed by atoms with Crippen molar-refractivity contribution in [3.8, 4) is 11.5 Å². The van der Waals surface area contributed by atoms with Crippen LogP contribution in [0.4, 0.5) is 0 Å². The maximum atomic E-state index is 11.8. The van der Waals surface area contributed by atoms with Crippen LogP contribution < -0.4 is 5.43 Å². The van der Waals surface area contributed by atoms with Crippen LogP contribution in [-0.4, -0.2) is 22.3 Å². The summed E-state index contributed by atoms with van der Waals surface area (Å²) < 4.78 is 0.764. The normalized spacial score (nSPS) is 10.8. The number of hydrogen-bond acceptors (Lipinski definition) is 4. The number of benzene rings is 2. The monoisotopic (exact) mass is 368 g/mol. The molecule has 0 spiro atoms. The molecule has 7 heteroatoms. The largest absolute Gasteiger partial charge is 0.507 e. The summed E-state index contributed by atoms with van der Waals surface area (Å²) in [5.41, 5.74) is 2.69. The lowest BCUT2D eigenvalue weighted by Gasteiger charge is -2.03. The molecular formula is C14H10BrClN2O3. The van der Waals surface area contributed by atoms with Crippen molar-refractivity contribution in [2.45, 2.75) is 0 Å². The lowest BCUT2D eigenvalue weighted by Crippen LogP contribution is -2.17. The number of nitrogens with zero attached hydrogens (tertiary/aromatic N) is 1. The second-order valence-corrected chi connectivity index (χ2v) is 5.42. The standard InChI is InChI=1S/C14H10BrClN2O3/c15-9-1-3-12(19)8(5-9)7-17-18-14(21)11-6-10(16)2-4-13(11)20/h1-7,19-20H,(H,18,21). The van der Waals surface area contributed by atoms with E-state index in [1.807, 2.05) is 0 Å². The molecule has 2 aromatic rings. The highest BCUT2D eigenvalue weighted by molar-refractivity contribution is 9.10. The molecule has 3 N–H and O–H groups in total. The van der Waals surface area contributed by atoms with E-state index in [4.69, 9.17) is 11.6 Å². The molecule has 0 unspecified atom stereocenters. The quantitative estimate of drug-likeness (QED) is 0.573. The van der Waals surface area contributed by atoms with E-state index in [0.717, 1.165) is 4.47 Å². The fourth-order valence-corrected chi connectivity index (χ4v) is 2.09. The van der Waals surface area contributed by atoms with Crippen molar-refractivity contribution in [3.63, 3.8) is 0 Å². The number of carbonyl (C=O) groups excluding carboxylic acids is 1. The topological polar surface area (TPSA) is 81.9 Å². The third-order valence-corrected chi connectivity index (χ3v) is 3.29. The van der Waals surface area contributed by atoms with E-state index < -0.39 is 5.91 Å². The third-order valence-electron chi connectivity index (χ3n) is 2.56. The van der Waals surface area contributed by atoms with E-state index in [0.29, 0.717) is 10.6 Å². The van der Waals surface area contributed by atoms with Gasteiger partial charge in [-0.05, 0) is 36.4 Å².